The molecular weight excluding hydrogens is 287 g/mol. The van der Waals surface area contributed by atoms with Gasteiger partial charge in [-0.05, 0) is 12.1 Å². The number of halogens is 1. The molecule has 0 fully saturated rings. The van der Waals surface area contributed by atoms with Gasteiger partial charge in [0.05, 0.1) is 11.4 Å². The topological polar surface area (TPSA) is 51.4 Å². The second-order valence-electron chi connectivity index (χ2n) is 4.01. The summed E-state index contributed by atoms with van der Waals surface area (Å²) in [6, 6.07) is 5.37. The molecule has 0 amide bonds. The number of nitrogens with zero attached hydrogens (tertiary/aromatic N) is 2. The van der Waals surface area contributed by atoms with Crippen molar-refractivity contribution in [3.05, 3.63) is 53.6 Å². The summed E-state index contributed by atoms with van der Waals surface area (Å²) in [7, 11) is -3.72. The van der Waals surface area contributed by atoms with Gasteiger partial charge in [-0.15, -0.1) is 11.3 Å². The summed E-state index contributed by atoms with van der Waals surface area (Å²) in [6.45, 7) is 0. The highest BCUT2D eigenvalue weighted by atomic mass is 32.2. The maximum atomic E-state index is 13.5. The first-order valence-corrected chi connectivity index (χ1v) is 7.98. The molecule has 0 saturated carbocycles. The van der Waals surface area contributed by atoms with E-state index < -0.39 is 15.7 Å². The van der Waals surface area contributed by atoms with Crippen LogP contribution in [-0.2, 0) is 15.6 Å². The van der Waals surface area contributed by atoms with Gasteiger partial charge in [-0.25, -0.2) is 17.8 Å². The van der Waals surface area contributed by atoms with Gasteiger partial charge in [0, 0.05) is 17.8 Å². The van der Waals surface area contributed by atoms with Crippen LogP contribution in [0.25, 0.3) is 4.96 Å². The Morgan fingerprint density at radius 1 is 1.32 bits per heavy atom. The molecule has 2 aromatic heterocycles. The summed E-state index contributed by atoms with van der Waals surface area (Å²) < 4.78 is 39.5. The van der Waals surface area contributed by atoms with Crippen LogP contribution in [0.2, 0.25) is 0 Å². The highest BCUT2D eigenvalue weighted by Crippen LogP contribution is 2.20. The van der Waals surface area contributed by atoms with Crippen molar-refractivity contribution in [2.24, 2.45) is 0 Å². The summed E-state index contributed by atoms with van der Waals surface area (Å²) in [5.41, 5.74) is 0.412. The number of hydrogen-bond donors (Lipinski definition) is 0. The van der Waals surface area contributed by atoms with Crippen LogP contribution < -0.4 is 0 Å². The third kappa shape index (κ3) is 2.26. The zero-order valence-electron chi connectivity index (χ0n) is 9.65. The van der Waals surface area contributed by atoms with Gasteiger partial charge >= 0.3 is 0 Å². The molecule has 7 heteroatoms. The molecule has 0 atom stereocenters. The summed E-state index contributed by atoms with van der Waals surface area (Å²) in [5, 5.41) is 1.86. The van der Waals surface area contributed by atoms with Crippen molar-refractivity contribution in [2.45, 2.75) is 10.6 Å². The molecule has 3 rings (SSSR count). The van der Waals surface area contributed by atoms with Crippen LogP contribution in [0.1, 0.15) is 5.69 Å². The number of thiazole rings is 1. The molecule has 0 saturated heterocycles. The van der Waals surface area contributed by atoms with E-state index in [0.29, 0.717) is 5.69 Å². The molecule has 0 spiro atoms. The number of imidazole rings is 1. The molecule has 3 aromatic rings. The minimum Gasteiger partial charge on any atom is -0.297 e. The lowest BCUT2D eigenvalue weighted by molar-refractivity contribution is 0.566. The Labute approximate surface area is 113 Å². The van der Waals surface area contributed by atoms with Crippen LogP contribution in [0.4, 0.5) is 4.39 Å². The lowest BCUT2D eigenvalue weighted by Gasteiger charge is -2.03. The van der Waals surface area contributed by atoms with Crippen molar-refractivity contribution in [3.63, 3.8) is 0 Å². The lowest BCUT2D eigenvalue weighted by Crippen LogP contribution is -2.07. The first kappa shape index (κ1) is 12.3. The monoisotopic (exact) mass is 296 g/mol. The van der Waals surface area contributed by atoms with E-state index in [4.69, 9.17) is 0 Å². The van der Waals surface area contributed by atoms with Crippen LogP contribution in [-0.4, -0.2) is 17.8 Å². The maximum absolute atomic E-state index is 13.5. The Kier molecular flexibility index (Phi) is 2.87. The summed E-state index contributed by atoms with van der Waals surface area (Å²) in [4.78, 5) is 4.63. The van der Waals surface area contributed by atoms with Crippen molar-refractivity contribution in [1.82, 2.24) is 9.38 Å². The van der Waals surface area contributed by atoms with E-state index in [1.165, 1.54) is 29.5 Å². The number of aromatic nitrogens is 2. The highest BCUT2D eigenvalue weighted by Gasteiger charge is 2.20. The minimum absolute atomic E-state index is 0.286. The van der Waals surface area contributed by atoms with Gasteiger partial charge in [0.2, 0.25) is 0 Å². The predicted molar refractivity (Wildman–Crippen MR) is 70.4 cm³/mol. The highest BCUT2D eigenvalue weighted by molar-refractivity contribution is 7.90. The van der Waals surface area contributed by atoms with E-state index in [9.17, 15) is 12.8 Å². The Morgan fingerprint density at radius 2 is 2.11 bits per heavy atom. The summed E-state index contributed by atoms with van der Waals surface area (Å²) in [6.07, 6.45) is 3.44. The molecule has 98 valence electrons. The molecule has 0 radical (unpaired) electrons. The molecule has 0 bridgehead atoms. The van der Waals surface area contributed by atoms with Gasteiger partial charge in [0.1, 0.15) is 10.7 Å². The fraction of sp³-hybridized carbons (Fsp3) is 0.0833. The molecule has 1 aromatic carbocycles. The van der Waals surface area contributed by atoms with E-state index in [1.807, 2.05) is 5.38 Å². The van der Waals surface area contributed by atoms with Crippen LogP contribution in [0.15, 0.2) is 46.9 Å². The normalized spacial score (nSPS) is 12.1. The van der Waals surface area contributed by atoms with E-state index in [2.05, 4.69) is 4.98 Å². The second kappa shape index (κ2) is 4.43. The van der Waals surface area contributed by atoms with Crippen molar-refractivity contribution in [2.75, 3.05) is 0 Å². The predicted octanol–water partition coefficient (Wildman–Crippen LogP) is 2.51. The van der Waals surface area contributed by atoms with Crippen molar-refractivity contribution < 1.29 is 12.8 Å². The standard InChI is InChI=1S/C12H9FN2O2S2/c13-10-3-1-2-4-11(10)19(16,17)8-9-7-15-5-6-18-12(15)14-9/h1-7H,8H2. The van der Waals surface area contributed by atoms with E-state index in [1.54, 1.807) is 16.8 Å². The third-order valence-corrected chi connectivity index (χ3v) is 5.10. The lowest BCUT2D eigenvalue weighted by atomic mass is 10.3. The average molecular weight is 296 g/mol. The Balaban J connectivity index is 1.98. The van der Waals surface area contributed by atoms with Gasteiger partial charge in [0.15, 0.2) is 14.8 Å². The molecule has 0 aliphatic heterocycles. The van der Waals surface area contributed by atoms with E-state index >= 15 is 0 Å². The van der Waals surface area contributed by atoms with Gasteiger partial charge < -0.3 is 0 Å². The Hall–Kier alpha value is -1.73. The fourth-order valence-electron chi connectivity index (χ4n) is 1.82. The van der Waals surface area contributed by atoms with Crippen LogP contribution in [0, 0.1) is 5.82 Å². The van der Waals surface area contributed by atoms with Gasteiger partial charge in [0.25, 0.3) is 0 Å². The van der Waals surface area contributed by atoms with Crippen molar-refractivity contribution in [3.8, 4) is 0 Å². The van der Waals surface area contributed by atoms with Gasteiger partial charge in [-0.3, -0.25) is 4.40 Å². The molecular formula is C12H9FN2O2S2. The quantitative estimate of drug-likeness (QED) is 0.746. The van der Waals surface area contributed by atoms with Crippen molar-refractivity contribution >= 4 is 26.1 Å². The number of fused-ring (bicyclic) bond motifs is 1. The molecule has 0 N–H and O–H groups in total. The number of sulfone groups is 1. The largest absolute Gasteiger partial charge is 0.297 e. The summed E-state index contributed by atoms with van der Waals surface area (Å²) in [5.74, 6) is -1.04. The van der Waals surface area contributed by atoms with E-state index in [0.717, 1.165) is 11.0 Å². The fourth-order valence-corrected chi connectivity index (χ4v) is 3.87. The third-order valence-electron chi connectivity index (χ3n) is 2.65. The second-order valence-corrected chi connectivity index (χ2v) is 6.85. The maximum Gasteiger partial charge on any atom is 0.193 e. The minimum atomic E-state index is -3.72. The SMILES string of the molecule is O=S(=O)(Cc1cn2ccsc2n1)c1ccccc1F. The number of rotatable bonds is 3. The molecule has 0 aliphatic carbocycles. The zero-order valence-corrected chi connectivity index (χ0v) is 11.3. The molecule has 0 unspecified atom stereocenters. The van der Waals surface area contributed by atoms with Crippen LogP contribution >= 0.6 is 11.3 Å². The smallest absolute Gasteiger partial charge is 0.193 e. The van der Waals surface area contributed by atoms with Gasteiger partial charge in [-0.2, -0.15) is 0 Å². The molecule has 19 heavy (non-hydrogen) atoms. The first-order valence-electron chi connectivity index (χ1n) is 5.45. The summed E-state index contributed by atoms with van der Waals surface area (Å²) >= 11 is 1.42. The first-order chi connectivity index (χ1) is 9.06. The molecule has 4 nitrogen and oxygen atoms in total. The van der Waals surface area contributed by atoms with Crippen LogP contribution in [0.5, 0.6) is 0 Å². The van der Waals surface area contributed by atoms with Crippen LogP contribution in [0.3, 0.4) is 0 Å². The van der Waals surface area contributed by atoms with Gasteiger partial charge in [-0.1, -0.05) is 12.1 Å². The number of hydrogen-bond acceptors (Lipinski definition) is 4. The molecule has 2 heterocycles. The zero-order chi connectivity index (χ0) is 13.5. The Bertz CT molecular complexity index is 808. The number of benzene rings is 1. The van der Waals surface area contributed by atoms with Crippen molar-refractivity contribution in [1.29, 1.82) is 0 Å². The Morgan fingerprint density at radius 3 is 2.84 bits per heavy atom. The molecule has 0 aliphatic rings. The van der Waals surface area contributed by atoms with E-state index in [-0.39, 0.29) is 10.6 Å². The average Bonchev–Trinajstić information content (AvgIpc) is 2.89.